The number of rotatable bonds is 3. The molecule has 0 bridgehead atoms. The Morgan fingerprint density at radius 3 is 2.91 bits per heavy atom. The highest BCUT2D eigenvalue weighted by atomic mass is 15.3. The van der Waals surface area contributed by atoms with Crippen LogP contribution in [0.5, 0.6) is 0 Å². The highest BCUT2D eigenvalue weighted by molar-refractivity contribution is 5.91. The fourth-order valence-corrected chi connectivity index (χ4v) is 3.84. The number of para-hydroxylation sites is 1. The third-order valence-corrected chi connectivity index (χ3v) is 4.97. The van der Waals surface area contributed by atoms with Gasteiger partial charge < -0.3 is 4.90 Å². The van der Waals surface area contributed by atoms with Crippen LogP contribution in [-0.4, -0.2) is 32.7 Å². The lowest BCUT2D eigenvalue weighted by molar-refractivity contribution is -0.922. The zero-order chi connectivity index (χ0) is 15.8. The normalized spacial score (nSPS) is 22.0. The molecular weight excluding hydrogens is 286 g/mol. The zero-order valence-corrected chi connectivity index (χ0v) is 13.9. The SMILES string of the molecule is CCc1nc2ccccc2c2nnc(C[NH+]3CCC[C@H](C)C3)n12. The van der Waals surface area contributed by atoms with Gasteiger partial charge in [0.05, 0.1) is 18.6 Å². The molecule has 2 atom stereocenters. The van der Waals surface area contributed by atoms with Gasteiger partial charge in [0.1, 0.15) is 12.4 Å². The number of aryl methyl sites for hydroxylation is 1. The van der Waals surface area contributed by atoms with Gasteiger partial charge in [-0.1, -0.05) is 26.0 Å². The lowest BCUT2D eigenvalue weighted by atomic mass is 10.0. The summed E-state index contributed by atoms with van der Waals surface area (Å²) in [7, 11) is 0. The van der Waals surface area contributed by atoms with E-state index in [2.05, 4.69) is 40.6 Å². The predicted molar refractivity (Wildman–Crippen MR) is 90.5 cm³/mol. The van der Waals surface area contributed by atoms with E-state index < -0.39 is 0 Å². The van der Waals surface area contributed by atoms with Crippen LogP contribution in [0.2, 0.25) is 0 Å². The summed E-state index contributed by atoms with van der Waals surface area (Å²) in [5.74, 6) is 2.92. The van der Waals surface area contributed by atoms with Gasteiger partial charge in [0.25, 0.3) is 0 Å². The summed E-state index contributed by atoms with van der Waals surface area (Å²) >= 11 is 0. The summed E-state index contributed by atoms with van der Waals surface area (Å²) in [6.45, 7) is 7.92. The molecule has 1 fully saturated rings. The van der Waals surface area contributed by atoms with Crippen molar-refractivity contribution in [3.63, 3.8) is 0 Å². The quantitative estimate of drug-likeness (QED) is 0.800. The Morgan fingerprint density at radius 1 is 1.22 bits per heavy atom. The molecule has 0 amide bonds. The Balaban J connectivity index is 1.80. The topological polar surface area (TPSA) is 47.5 Å². The Hall–Kier alpha value is -2.01. The van der Waals surface area contributed by atoms with Crippen LogP contribution in [0.25, 0.3) is 16.6 Å². The number of piperidine rings is 1. The standard InChI is InChI=1S/C18H23N5/c1-3-16-19-15-9-5-4-8-14(15)18-21-20-17(23(16)18)12-22-10-6-7-13(2)11-22/h4-5,8-9,13H,3,6-7,10-12H2,1-2H3/p+1/t13-/m0/s1. The van der Waals surface area contributed by atoms with E-state index in [1.54, 1.807) is 4.90 Å². The molecule has 4 rings (SSSR count). The molecule has 120 valence electrons. The lowest BCUT2D eigenvalue weighted by Gasteiger charge is -2.27. The van der Waals surface area contributed by atoms with Gasteiger partial charge in [-0.25, -0.2) is 4.98 Å². The average molecular weight is 310 g/mol. The molecule has 0 saturated carbocycles. The molecule has 2 aromatic heterocycles. The van der Waals surface area contributed by atoms with Crippen LogP contribution in [0, 0.1) is 5.92 Å². The Labute approximate surface area is 136 Å². The molecule has 5 heteroatoms. The maximum absolute atomic E-state index is 4.84. The first-order chi connectivity index (χ1) is 11.3. The van der Waals surface area contributed by atoms with Gasteiger partial charge >= 0.3 is 0 Å². The number of nitrogens with zero attached hydrogens (tertiary/aromatic N) is 4. The molecule has 3 heterocycles. The van der Waals surface area contributed by atoms with Crippen molar-refractivity contribution in [3.8, 4) is 0 Å². The molecule has 1 aliphatic rings. The number of hydrogen-bond acceptors (Lipinski definition) is 3. The van der Waals surface area contributed by atoms with Crippen LogP contribution >= 0.6 is 0 Å². The molecular formula is C18H24N5+. The second-order valence-corrected chi connectivity index (χ2v) is 6.80. The summed E-state index contributed by atoms with van der Waals surface area (Å²) in [5.41, 5.74) is 1.96. The van der Waals surface area contributed by atoms with Crippen LogP contribution in [0.15, 0.2) is 24.3 Å². The average Bonchev–Trinajstić information content (AvgIpc) is 2.98. The molecule has 5 nitrogen and oxygen atoms in total. The minimum Gasteiger partial charge on any atom is -0.328 e. The minimum absolute atomic E-state index is 0.808. The van der Waals surface area contributed by atoms with Gasteiger partial charge in [-0.05, 0) is 25.0 Å². The van der Waals surface area contributed by atoms with Gasteiger partial charge in [0, 0.05) is 17.7 Å². The van der Waals surface area contributed by atoms with Crippen molar-refractivity contribution in [1.29, 1.82) is 0 Å². The van der Waals surface area contributed by atoms with E-state index in [-0.39, 0.29) is 0 Å². The van der Waals surface area contributed by atoms with E-state index in [1.165, 1.54) is 25.9 Å². The molecule has 1 unspecified atom stereocenters. The van der Waals surface area contributed by atoms with Crippen molar-refractivity contribution in [2.45, 2.75) is 39.7 Å². The van der Waals surface area contributed by atoms with Crippen molar-refractivity contribution < 1.29 is 4.90 Å². The van der Waals surface area contributed by atoms with Crippen molar-refractivity contribution in [2.75, 3.05) is 13.1 Å². The van der Waals surface area contributed by atoms with Crippen LogP contribution in [0.4, 0.5) is 0 Å². The van der Waals surface area contributed by atoms with Crippen LogP contribution in [-0.2, 0) is 13.0 Å². The number of quaternary nitrogens is 1. The number of hydrogen-bond donors (Lipinski definition) is 1. The third-order valence-electron chi connectivity index (χ3n) is 4.97. The van der Waals surface area contributed by atoms with Gasteiger partial charge in [-0.15, -0.1) is 10.2 Å². The predicted octanol–water partition coefficient (Wildman–Crippen LogP) is 1.65. The zero-order valence-electron chi connectivity index (χ0n) is 13.9. The van der Waals surface area contributed by atoms with E-state index in [1.807, 2.05) is 12.1 Å². The van der Waals surface area contributed by atoms with Crippen LogP contribution in [0.1, 0.15) is 38.3 Å². The number of nitrogens with one attached hydrogen (secondary N) is 1. The van der Waals surface area contributed by atoms with Crippen molar-refractivity contribution in [3.05, 3.63) is 35.9 Å². The second-order valence-electron chi connectivity index (χ2n) is 6.80. The first-order valence-electron chi connectivity index (χ1n) is 8.71. The highest BCUT2D eigenvalue weighted by Crippen LogP contribution is 2.19. The molecule has 1 aliphatic heterocycles. The van der Waals surface area contributed by atoms with Crippen molar-refractivity contribution in [2.24, 2.45) is 5.92 Å². The van der Waals surface area contributed by atoms with Gasteiger partial charge in [0.2, 0.25) is 0 Å². The fourth-order valence-electron chi connectivity index (χ4n) is 3.84. The third kappa shape index (κ3) is 2.59. The number of fused-ring (bicyclic) bond motifs is 3. The molecule has 1 saturated heterocycles. The highest BCUT2D eigenvalue weighted by Gasteiger charge is 2.23. The summed E-state index contributed by atoms with van der Waals surface area (Å²) in [6, 6.07) is 8.22. The first kappa shape index (κ1) is 14.6. The number of aromatic nitrogens is 4. The van der Waals surface area contributed by atoms with Crippen LogP contribution in [0.3, 0.4) is 0 Å². The monoisotopic (exact) mass is 310 g/mol. The number of benzene rings is 1. The summed E-state index contributed by atoms with van der Waals surface area (Å²) in [4.78, 5) is 6.46. The van der Waals surface area contributed by atoms with Gasteiger partial charge in [0.15, 0.2) is 11.5 Å². The largest absolute Gasteiger partial charge is 0.328 e. The summed E-state index contributed by atoms with van der Waals surface area (Å²) < 4.78 is 2.19. The first-order valence-corrected chi connectivity index (χ1v) is 8.71. The lowest BCUT2D eigenvalue weighted by Crippen LogP contribution is -3.12. The van der Waals surface area contributed by atoms with E-state index in [9.17, 15) is 0 Å². The minimum atomic E-state index is 0.808. The Bertz CT molecular complexity index is 838. The van der Waals surface area contributed by atoms with Crippen molar-refractivity contribution >= 4 is 16.6 Å². The van der Waals surface area contributed by atoms with Crippen molar-refractivity contribution in [1.82, 2.24) is 19.6 Å². The summed E-state index contributed by atoms with van der Waals surface area (Å²) in [6.07, 6.45) is 3.56. The molecule has 0 spiro atoms. The van der Waals surface area contributed by atoms with Gasteiger partial charge in [-0.3, -0.25) is 4.40 Å². The van der Waals surface area contributed by atoms with Gasteiger partial charge in [-0.2, -0.15) is 0 Å². The Morgan fingerprint density at radius 2 is 2.09 bits per heavy atom. The molecule has 0 radical (unpaired) electrons. The second kappa shape index (κ2) is 5.89. The molecule has 1 aromatic carbocycles. The van der Waals surface area contributed by atoms with E-state index in [0.29, 0.717) is 0 Å². The van der Waals surface area contributed by atoms with Crippen LogP contribution < -0.4 is 4.90 Å². The van der Waals surface area contributed by atoms with E-state index >= 15 is 0 Å². The molecule has 0 aliphatic carbocycles. The maximum Gasteiger partial charge on any atom is 0.194 e. The molecule has 23 heavy (non-hydrogen) atoms. The van der Waals surface area contributed by atoms with E-state index in [4.69, 9.17) is 4.98 Å². The molecule has 1 N–H and O–H groups in total. The Kier molecular flexibility index (Phi) is 3.73. The van der Waals surface area contributed by atoms with E-state index in [0.717, 1.165) is 47.1 Å². The fraction of sp³-hybridized carbons (Fsp3) is 0.500. The molecule has 3 aromatic rings. The smallest absolute Gasteiger partial charge is 0.194 e. The number of likely N-dealkylation sites (tertiary alicyclic amines) is 1. The maximum atomic E-state index is 4.84. The summed E-state index contributed by atoms with van der Waals surface area (Å²) in [5, 5.41) is 10.1.